The summed E-state index contributed by atoms with van der Waals surface area (Å²) in [5.41, 5.74) is -0.0640. The molecule has 1 amide bonds. The molecule has 0 aliphatic heterocycles. The van der Waals surface area contributed by atoms with Gasteiger partial charge in [0.05, 0.1) is 23.0 Å². The molecule has 0 bridgehead atoms. The third-order valence-corrected chi connectivity index (χ3v) is 7.11. The van der Waals surface area contributed by atoms with Crippen LogP contribution < -0.4 is 44.7 Å². The normalized spacial score (nSPS) is 11.4. The molecule has 13 heteroatoms. The zero-order chi connectivity index (χ0) is 27.6. The van der Waals surface area contributed by atoms with Crippen molar-refractivity contribution in [3.8, 4) is 11.5 Å². The number of azo groups is 1. The van der Waals surface area contributed by atoms with Gasteiger partial charge in [-0.15, -0.1) is 5.11 Å². The minimum atomic E-state index is -4.70. The molecule has 0 saturated heterocycles. The van der Waals surface area contributed by atoms with Crippen molar-refractivity contribution in [2.45, 2.75) is 18.7 Å². The van der Waals surface area contributed by atoms with Gasteiger partial charge in [0.15, 0.2) is 0 Å². The van der Waals surface area contributed by atoms with Crippen LogP contribution in [0.2, 0.25) is 10.0 Å². The minimum Gasteiger partial charge on any atom is -0.870 e. The first-order valence-corrected chi connectivity index (χ1v) is 13.4. The van der Waals surface area contributed by atoms with E-state index in [4.69, 9.17) is 27.9 Å². The van der Waals surface area contributed by atoms with E-state index in [-0.39, 0.29) is 57.2 Å². The van der Waals surface area contributed by atoms with E-state index in [0.717, 1.165) is 6.07 Å². The van der Waals surface area contributed by atoms with Crippen molar-refractivity contribution in [2.75, 3.05) is 11.9 Å². The number of fused-ring (bicyclic) bond motifs is 1. The van der Waals surface area contributed by atoms with Crippen molar-refractivity contribution in [2.24, 2.45) is 10.2 Å². The number of aryl methyl sites for hydroxylation is 1. The number of ether oxygens (including phenoxy) is 1. The zero-order valence-electron chi connectivity index (χ0n) is 21.0. The number of carbonyl (C=O) groups is 1. The van der Waals surface area contributed by atoms with Gasteiger partial charge >= 0.3 is 29.6 Å². The Bertz CT molecular complexity index is 1710. The second-order valence-corrected chi connectivity index (χ2v) is 10.3. The summed E-state index contributed by atoms with van der Waals surface area (Å²) in [7, 11) is -4.70. The first-order valence-electron chi connectivity index (χ1n) is 11.2. The van der Waals surface area contributed by atoms with E-state index in [0.29, 0.717) is 33.7 Å². The van der Waals surface area contributed by atoms with Crippen molar-refractivity contribution in [3.05, 3.63) is 81.8 Å². The van der Waals surface area contributed by atoms with Crippen LogP contribution in [0.15, 0.2) is 75.8 Å². The van der Waals surface area contributed by atoms with Crippen LogP contribution in [-0.2, 0) is 10.1 Å². The Balaban J connectivity index is 0.00000420. The molecular weight excluding hydrogens is 576 g/mol. The van der Waals surface area contributed by atoms with E-state index in [1.54, 1.807) is 50.2 Å². The number of nitrogens with zero attached hydrogens (tertiary/aromatic N) is 2. The maximum absolute atomic E-state index is 13.5. The summed E-state index contributed by atoms with van der Waals surface area (Å²) in [6.45, 7) is 3.73. The largest absolute Gasteiger partial charge is 1.00 e. The number of nitrogens with one attached hydrogen (secondary N) is 1. The van der Waals surface area contributed by atoms with Crippen molar-refractivity contribution in [1.82, 2.24) is 0 Å². The SMILES string of the molecule is CCOc1ccc(Cl)cc1NC(=O)c1cc2ccccc2c(N=Nc2c(S(=O)(=O)O)ccc(C)c2Cl)c1[O-].[Na+]. The molecule has 4 rings (SSSR count). The number of carbonyl (C=O) groups excluding carboxylic acids is 1. The Hall–Kier alpha value is -2.70. The number of benzene rings is 4. The number of hydrogen-bond acceptors (Lipinski definition) is 7. The quantitative estimate of drug-likeness (QED) is 0.189. The first kappa shape index (κ1) is 30.8. The summed E-state index contributed by atoms with van der Waals surface area (Å²) in [6.07, 6.45) is 0. The van der Waals surface area contributed by atoms with Gasteiger partial charge in [0.25, 0.3) is 16.0 Å². The molecule has 0 aliphatic rings. The average Bonchev–Trinajstić information content (AvgIpc) is 2.86. The van der Waals surface area contributed by atoms with Crippen LogP contribution in [0.4, 0.5) is 17.1 Å². The summed E-state index contributed by atoms with van der Waals surface area (Å²) < 4.78 is 38.9. The number of hydrogen-bond donors (Lipinski definition) is 2. The van der Waals surface area contributed by atoms with Gasteiger partial charge in [-0.2, -0.15) is 13.5 Å². The monoisotopic (exact) mass is 595 g/mol. The van der Waals surface area contributed by atoms with Gasteiger partial charge in [-0.1, -0.05) is 59.3 Å². The molecule has 0 spiro atoms. The molecule has 0 aromatic heterocycles. The van der Waals surface area contributed by atoms with Gasteiger partial charge in [0, 0.05) is 16.0 Å². The molecule has 196 valence electrons. The average molecular weight is 596 g/mol. The molecule has 39 heavy (non-hydrogen) atoms. The fourth-order valence-corrected chi connectivity index (χ4v) is 4.76. The van der Waals surface area contributed by atoms with E-state index in [1.165, 1.54) is 18.2 Å². The first-order chi connectivity index (χ1) is 18.0. The molecule has 4 aromatic carbocycles. The third kappa shape index (κ3) is 6.72. The summed E-state index contributed by atoms with van der Waals surface area (Å²) in [5, 5.41) is 25.2. The van der Waals surface area contributed by atoms with E-state index in [9.17, 15) is 22.9 Å². The van der Waals surface area contributed by atoms with Crippen LogP contribution in [0, 0.1) is 6.92 Å². The van der Waals surface area contributed by atoms with Gasteiger partial charge in [-0.25, -0.2) is 0 Å². The standard InChI is InChI=1S/C26H21Cl2N3O6S.Na/c1-3-37-20-10-9-16(27)13-19(20)29-26(33)18-12-15-6-4-5-7-17(15)23(25(18)32)30-31-24-21(38(34,35)36)11-8-14(2)22(24)28;/h4-13,32H,3H2,1-2H3,(H,29,33)(H,34,35,36);/q;+1/p-1. The zero-order valence-corrected chi connectivity index (χ0v) is 25.4. The second kappa shape index (κ2) is 12.6. The molecule has 0 saturated carbocycles. The second-order valence-electron chi connectivity index (χ2n) is 8.07. The summed E-state index contributed by atoms with van der Waals surface area (Å²) in [4.78, 5) is 12.7. The Labute approximate surface area is 256 Å². The molecule has 9 nitrogen and oxygen atoms in total. The van der Waals surface area contributed by atoms with Crippen LogP contribution in [0.1, 0.15) is 22.8 Å². The molecule has 0 heterocycles. The van der Waals surface area contributed by atoms with Gasteiger partial charge in [0.2, 0.25) is 0 Å². The Morgan fingerprint density at radius 2 is 1.74 bits per heavy atom. The van der Waals surface area contributed by atoms with Crippen molar-refractivity contribution in [1.29, 1.82) is 0 Å². The van der Waals surface area contributed by atoms with Crippen LogP contribution in [0.5, 0.6) is 11.5 Å². The van der Waals surface area contributed by atoms with E-state index in [2.05, 4.69) is 15.5 Å². The van der Waals surface area contributed by atoms with E-state index >= 15 is 0 Å². The smallest absolute Gasteiger partial charge is 0.870 e. The molecule has 0 atom stereocenters. The summed E-state index contributed by atoms with van der Waals surface area (Å²) in [6, 6.07) is 15.3. The predicted molar refractivity (Wildman–Crippen MR) is 144 cm³/mol. The molecule has 0 unspecified atom stereocenters. The van der Waals surface area contributed by atoms with E-state index in [1.807, 2.05) is 0 Å². The van der Waals surface area contributed by atoms with Gasteiger partial charge in [0.1, 0.15) is 16.3 Å². The molecule has 4 aromatic rings. The topological polar surface area (TPSA) is 140 Å². The predicted octanol–water partition coefficient (Wildman–Crippen LogP) is 3.85. The molecule has 0 aliphatic carbocycles. The number of halogens is 2. The summed E-state index contributed by atoms with van der Waals surface area (Å²) in [5.74, 6) is -1.14. The number of amides is 1. The Kier molecular flexibility index (Phi) is 10.0. The molecular formula is C26H20Cl2N3NaO6S. The Morgan fingerprint density at radius 1 is 1.05 bits per heavy atom. The maximum atomic E-state index is 13.5. The van der Waals surface area contributed by atoms with Gasteiger partial charge in [-0.05, 0) is 55.1 Å². The van der Waals surface area contributed by atoms with Gasteiger partial charge in [-0.3, -0.25) is 9.35 Å². The van der Waals surface area contributed by atoms with Crippen molar-refractivity contribution in [3.63, 3.8) is 0 Å². The van der Waals surface area contributed by atoms with Crippen LogP contribution >= 0.6 is 23.2 Å². The Morgan fingerprint density at radius 3 is 2.44 bits per heavy atom. The fourth-order valence-electron chi connectivity index (χ4n) is 3.70. The van der Waals surface area contributed by atoms with Crippen molar-refractivity contribution < 1.29 is 57.2 Å². The molecule has 0 fully saturated rings. The summed E-state index contributed by atoms with van der Waals surface area (Å²) >= 11 is 12.3. The molecule has 0 radical (unpaired) electrons. The number of rotatable bonds is 7. The van der Waals surface area contributed by atoms with Crippen LogP contribution in [-0.4, -0.2) is 25.5 Å². The fraction of sp³-hybridized carbons (Fsp3) is 0.115. The van der Waals surface area contributed by atoms with Crippen LogP contribution in [0.3, 0.4) is 0 Å². The minimum absolute atomic E-state index is 0. The van der Waals surface area contributed by atoms with E-state index < -0.39 is 26.7 Å². The van der Waals surface area contributed by atoms with Crippen molar-refractivity contribution >= 4 is 67.1 Å². The molecule has 2 N–H and O–H groups in total. The third-order valence-electron chi connectivity index (χ3n) is 5.51. The van der Waals surface area contributed by atoms with Crippen LogP contribution in [0.25, 0.3) is 10.8 Å². The maximum Gasteiger partial charge on any atom is 1.00 e. The number of anilines is 1. The van der Waals surface area contributed by atoms with Gasteiger partial charge < -0.3 is 15.2 Å².